The Morgan fingerprint density at radius 3 is 2.62 bits per heavy atom. The van der Waals surface area contributed by atoms with Crippen LogP contribution in [0, 0.1) is 5.82 Å². The van der Waals surface area contributed by atoms with Crippen LogP contribution in [0.5, 0.6) is 0 Å². The van der Waals surface area contributed by atoms with Crippen LogP contribution in [-0.2, 0) is 0 Å². The molecule has 8 heteroatoms. The van der Waals surface area contributed by atoms with Gasteiger partial charge in [0.2, 0.25) is 0 Å². The van der Waals surface area contributed by atoms with Gasteiger partial charge in [-0.2, -0.15) is 9.78 Å². The molecule has 1 aromatic heterocycles. The Morgan fingerprint density at radius 2 is 1.96 bits per heavy atom. The van der Waals surface area contributed by atoms with Crippen LogP contribution in [0.1, 0.15) is 16.9 Å². The van der Waals surface area contributed by atoms with Crippen molar-refractivity contribution >= 4 is 5.91 Å². The van der Waals surface area contributed by atoms with Gasteiger partial charge in [0.1, 0.15) is 17.7 Å². The second-order valence-corrected chi connectivity index (χ2v) is 5.57. The lowest BCUT2D eigenvalue weighted by atomic mass is 10.2. The molecule has 0 saturated carbocycles. The zero-order valence-electron chi connectivity index (χ0n) is 12.6. The Bertz CT molecular complexity index is 807. The number of aliphatic hydroxyl groups excluding tert-OH is 1. The average Bonchev–Trinajstić information content (AvgIpc) is 2.96. The molecule has 2 atom stereocenters. The van der Waals surface area contributed by atoms with Crippen LogP contribution in [0.3, 0.4) is 0 Å². The average molecular weight is 335 g/mol. The first-order chi connectivity index (χ1) is 11.5. The van der Waals surface area contributed by atoms with Gasteiger partial charge in [0.15, 0.2) is 0 Å². The van der Waals surface area contributed by atoms with Crippen molar-refractivity contribution < 1.29 is 18.7 Å². The number of carbonyl (C=O) groups excluding carboxylic acids is 1. The van der Waals surface area contributed by atoms with Gasteiger partial charge in [0.25, 0.3) is 11.5 Å². The molecule has 1 N–H and O–H groups in total. The fraction of sp³-hybridized carbons (Fsp3) is 0.312. The minimum atomic E-state index is -1.20. The van der Waals surface area contributed by atoms with Crippen LogP contribution in [0.2, 0.25) is 0 Å². The van der Waals surface area contributed by atoms with Gasteiger partial charge in [-0.1, -0.05) is 0 Å². The number of carbonyl (C=O) groups is 1. The van der Waals surface area contributed by atoms with Gasteiger partial charge < -0.3 is 10.0 Å². The summed E-state index contributed by atoms with van der Waals surface area (Å²) in [4.78, 5) is 25.7. The highest BCUT2D eigenvalue weighted by Crippen LogP contribution is 2.21. The Morgan fingerprint density at radius 1 is 1.25 bits per heavy atom. The van der Waals surface area contributed by atoms with Crippen molar-refractivity contribution in [3.05, 3.63) is 58.3 Å². The first kappa shape index (κ1) is 16.3. The predicted molar refractivity (Wildman–Crippen MR) is 81.2 cm³/mol. The third kappa shape index (κ3) is 3.05. The van der Waals surface area contributed by atoms with Crippen LogP contribution in [0.4, 0.5) is 8.78 Å². The quantitative estimate of drug-likeness (QED) is 0.905. The molecule has 0 aliphatic carbocycles. The number of amides is 1. The van der Waals surface area contributed by atoms with Crippen molar-refractivity contribution in [1.29, 1.82) is 0 Å². The monoisotopic (exact) mass is 335 g/mol. The molecule has 1 aliphatic heterocycles. The summed E-state index contributed by atoms with van der Waals surface area (Å²) in [5.41, 5.74) is -0.229. The molecule has 0 unspecified atom stereocenters. The Balaban J connectivity index is 1.95. The van der Waals surface area contributed by atoms with E-state index in [1.165, 1.54) is 41.3 Å². The SMILES string of the molecule is O=C(c1ccc(=O)n(-c2ccc(F)cc2)n1)N1C[C@@H](F)C[C@H]1CO. The van der Waals surface area contributed by atoms with E-state index in [4.69, 9.17) is 0 Å². The number of hydrogen-bond acceptors (Lipinski definition) is 4. The van der Waals surface area contributed by atoms with Crippen molar-refractivity contribution in [1.82, 2.24) is 14.7 Å². The second kappa shape index (κ2) is 6.48. The van der Waals surface area contributed by atoms with Crippen LogP contribution in [0.25, 0.3) is 5.69 Å². The van der Waals surface area contributed by atoms with E-state index in [1.807, 2.05) is 0 Å². The van der Waals surface area contributed by atoms with E-state index in [1.54, 1.807) is 0 Å². The van der Waals surface area contributed by atoms with E-state index in [0.29, 0.717) is 5.69 Å². The summed E-state index contributed by atoms with van der Waals surface area (Å²) < 4.78 is 27.5. The summed E-state index contributed by atoms with van der Waals surface area (Å²) in [6.07, 6.45) is -1.13. The first-order valence-corrected chi connectivity index (χ1v) is 7.42. The predicted octanol–water partition coefficient (Wildman–Crippen LogP) is 0.916. The van der Waals surface area contributed by atoms with E-state index in [0.717, 1.165) is 4.68 Å². The van der Waals surface area contributed by atoms with Crippen LogP contribution < -0.4 is 5.56 Å². The molecule has 3 rings (SSSR count). The van der Waals surface area contributed by atoms with Gasteiger partial charge in [0.05, 0.1) is 24.9 Å². The highest BCUT2D eigenvalue weighted by Gasteiger charge is 2.36. The van der Waals surface area contributed by atoms with Crippen LogP contribution in [0.15, 0.2) is 41.2 Å². The van der Waals surface area contributed by atoms with E-state index in [2.05, 4.69) is 5.10 Å². The third-order valence-corrected chi connectivity index (χ3v) is 3.93. The van der Waals surface area contributed by atoms with E-state index >= 15 is 0 Å². The second-order valence-electron chi connectivity index (χ2n) is 5.57. The highest BCUT2D eigenvalue weighted by atomic mass is 19.1. The molecule has 126 valence electrons. The van der Waals surface area contributed by atoms with Gasteiger partial charge in [-0.15, -0.1) is 0 Å². The normalized spacial score (nSPS) is 20.4. The fourth-order valence-electron chi connectivity index (χ4n) is 2.72. The standard InChI is InChI=1S/C16H15F2N3O3/c17-10-1-3-12(4-2-10)21-15(23)6-5-14(19-21)16(24)20-8-11(18)7-13(20)9-22/h1-6,11,13,22H,7-9H2/t11-,13-/m0/s1. The molecule has 24 heavy (non-hydrogen) atoms. The van der Waals surface area contributed by atoms with Gasteiger partial charge in [-0.3, -0.25) is 9.59 Å². The number of nitrogens with zero attached hydrogens (tertiary/aromatic N) is 3. The summed E-state index contributed by atoms with van der Waals surface area (Å²) >= 11 is 0. The zero-order valence-corrected chi connectivity index (χ0v) is 12.6. The fourth-order valence-corrected chi connectivity index (χ4v) is 2.72. The van der Waals surface area contributed by atoms with Crippen molar-refractivity contribution in [2.24, 2.45) is 0 Å². The topological polar surface area (TPSA) is 75.4 Å². The maximum absolute atomic E-state index is 13.5. The van der Waals surface area contributed by atoms with Crippen molar-refractivity contribution in [2.75, 3.05) is 13.2 Å². The summed E-state index contributed by atoms with van der Waals surface area (Å²) in [6, 6.07) is 6.89. The zero-order chi connectivity index (χ0) is 17.3. The number of aliphatic hydroxyl groups is 1. The smallest absolute Gasteiger partial charge is 0.274 e. The lowest BCUT2D eigenvalue weighted by Gasteiger charge is -2.22. The van der Waals surface area contributed by atoms with Crippen molar-refractivity contribution in [3.8, 4) is 5.69 Å². The summed E-state index contributed by atoms with van der Waals surface area (Å²) in [6.45, 7) is -0.467. The Hall–Kier alpha value is -2.61. The van der Waals surface area contributed by atoms with Crippen molar-refractivity contribution in [2.45, 2.75) is 18.6 Å². The molecular formula is C16H15F2N3O3. The van der Waals surface area contributed by atoms with Crippen LogP contribution >= 0.6 is 0 Å². The van der Waals surface area contributed by atoms with E-state index < -0.39 is 29.5 Å². The molecule has 1 aromatic carbocycles. The van der Waals surface area contributed by atoms with Gasteiger partial charge in [-0.25, -0.2) is 8.78 Å². The number of benzene rings is 1. The van der Waals surface area contributed by atoms with Gasteiger partial charge in [-0.05, 0) is 30.3 Å². The first-order valence-electron chi connectivity index (χ1n) is 7.42. The van der Waals surface area contributed by atoms with Crippen molar-refractivity contribution in [3.63, 3.8) is 0 Å². The molecule has 2 aromatic rings. The summed E-state index contributed by atoms with van der Waals surface area (Å²) in [7, 11) is 0. The number of rotatable bonds is 3. The third-order valence-electron chi connectivity index (χ3n) is 3.93. The maximum atomic E-state index is 13.5. The number of aromatic nitrogens is 2. The summed E-state index contributed by atoms with van der Waals surface area (Å²) in [5.74, 6) is -1.03. The number of likely N-dealkylation sites (tertiary alicyclic amines) is 1. The molecule has 1 fully saturated rings. The maximum Gasteiger partial charge on any atom is 0.274 e. The molecule has 6 nitrogen and oxygen atoms in total. The molecule has 1 aliphatic rings. The molecule has 1 amide bonds. The van der Waals surface area contributed by atoms with E-state index in [9.17, 15) is 23.5 Å². The summed E-state index contributed by atoms with van der Waals surface area (Å²) in [5, 5.41) is 13.3. The lowest BCUT2D eigenvalue weighted by Crippen LogP contribution is -2.39. The largest absolute Gasteiger partial charge is 0.394 e. The number of halogens is 2. The Labute approximate surface area is 135 Å². The Kier molecular flexibility index (Phi) is 4.39. The lowest BCUT2D eigenvalue weighted by molar-refractivity contribution is 0.0665. The molecule has 0 spiro atoms. The van der Waals surface area contributed by atoms with E-state index in [-0.39, 0.29) is 25.3 Å². The van der Waals surface area contributed by atoms with Gasteiger partial charge in [0, 0.05) is 12.5 Å². The molecule has 1 saturated heterocycles. The molecule has 0 bridgehead atoms. The van der Waals surface area contributed by atoms with Crippen LogP contribution in [-0.4, -0.2) is 51.1 Å². The highest BCUT2D eigenvalue weighted by molar-refractivity contribution is 5.92. The molecule has 0 radical (unpaired) electrons. The molecular weight excluding hydrogens is 320 g/mol. The number of alkyl halides is 1. The minimum absolute atomic E-state index is 0.0496. The van der Waals surface area contributed by atoms with Gasteiger partial charge >= 0.3 is 0 Å². The number of hydrogen-bond donors (Lipinski definition) is 1. The molecule has 2 heterocycles. The minimum Gasteiger partial charge on any atom is -0.394 e.